The zero-order valence-corrected chi connectivity index (χ0v) is 18.9. The molecule has 0 radical (unpaired) electrons. The van der Waals surface area contributed by atoms with Gasteiger partial charge in [-0.1, -0.05) is 0 Å². The number of sulfonamides is 1. The molecule has 0 saturated heterocycles. The molecule has 2 aromatic carbocycles. The van der Waals surface area contributed by atoms with Gasteiger partial charge in [-0.2, -0.15) is 0 Å². The highest BCUT2D eigenvalue weighted by Crippen LogP contribution is 2.20. The Kier molecular flexibility index (Phi) is 6.94. The van der Waals surface area contributed by atoms with Gasteiger partial charge in [-0.15, -0.1) is 0 Å². The van der Waals surface area contributed by atoms with E-state index in [9.17, 15) is 13.2 Å². The molecule has 1 aromatic heterocycles. The average Bonchev–Trinajstić information content (AvgIpc) is 2.73. The molecule has 3 rings (SSSR count). The lowest BCUT2D eigenvalue weighted by Crippen LogP contribution is -2.30. The van der Waals surface area contributed by atoms with Crippen molar-refractivity contribution >= 4 is 27.6 Å². The summed E-state index contributed by atoms with van der Waals surface area (Å²) in [5.74, 6) is 0.834. The van der Waals surface area contributed by atoms with Gasteiger partial charge in [0.2, 0.25) is 5.95 Å². The van der Waals surface area contributed by atoms with Gasteiger partial charge in [0.1, 0.15) is 11.5 Å². The summed E-state index contributed by atoms with van der Waals surface area (Å²) in [5.41, 5.74) is 1.74. The van der Waals surface area contributed by atoms with Crippen molar-refractivity contribution in [3.05, 3.63) is 66.0 Å². The molecule has 0 unspecified atom stereocenters. The fraction of sp³-hybridized carbons (Fsp3) is 0.227. The van der Waals surface area contributed by atoms with E-state index in [0.29, 0.717) is 28.6 Å². The maximum absolute atomic E-state index is 12.6. The summed E-state index contributed by atoms with van der Waals surface area (Å²) in [6.45, 7) is 5.12. The number of aryl methyl sites for hydroxylation is 2. The Hall–Kier alpha value is -3.66. The minimum Gasteiger partial charge on any atom is -0.497 e. The first-order chi connectivity index (χ1) is 15.2. The lowest BCUT2D eigenvalue weighted by atomic mass is 10.3. The number of methoxy groups -OCH3 is 1. The minimum absolute atomic E-state index is 0.00406. The normalized spacial score (nSPS) is 12.0. The summed E-state index contributed by atoms with van der Waals surface area (Å²) in [4.78, 5) is 20.6. The van der Waals surface area contributed by atoms with Crippen LogP contribution in [0, 0.1) is 13.8 Å². The summed E-state index contributed by atoms with van der Waals surface area (Å²) < 4.78 is 38.3. The molecule has 3 aromatic rings. The number of carbonyl (C=O) groups excluding carboxylic acids is 1. The molecule has 0 saturated carbocycles. The zero-order chi connectivity index (χ0) is 23.3. The molecule has 1 amide bonds. The van der Waals surface area contributed by atoms with Gasteiger partial charge in [0.15, 0.2) is 6.10 Å². The fourth-order valence-electron chi connectivity index (χ4n) is 2.82. The number of carbonyl (C=O) groups is 1. The topological polar surface area (TPSA) is 120 Å². The first kappa shape index (κ1) is 23.0. The van der Waals surface area contributed by atoms with Crippen molar-refractivity contribution in [3.63, 3.8) is 0 Å². The van der Waals surface area contributed by atoms with Gasteiger partial charge in [0, 0.05) is 17.1 Å². The quantitative estimate of drug-likeness (QED) is 0.534. The number of hydrogen-bond donors (Lipinski definition) is 2. The highest BCUT2D eigenvalue weighted by Gasteiger charge is 2.18. The Labute approximate surface area is 186 Å². The Morgan fingerprint density at radius 2 is 1.50 bits per heavy atom. The van der Waals surface area contributed by atoms with Crippen LogP contribution >= 0.6 is 0 Å². The second kappa shape index (κ2) is 9.65. The maximum Gasteiger partial charge on any atom is 0.265 e. The van der Waals surface area contributed by atoms with Crippen LogP contribution in [0.4, 0.5) is 11.6 Å². The van der Waals surface area contributed by atoms with Crippen molar-refractivity contribution in [2.45, 2.75) is 31.8 Å². The van der Waals surface area contributed by atoms with Crippen molar-refractivity contribution < 1.29 is 22.7 Å². The lowest BCUT2D eigenvalue weighted by Gasteiger charge is -2.15. The van der Waals surface area contributed by atoms with E-state index in [1.807, 2.05) is 0 Å². The third kappa shape index (κ3) is 5.94. The molecule has 1 heterocycles. The summed E-state index contributed by atoms with van der Waals surface area (Å²) in [6, 6.07) is 14.4. The van der Waals surface area contributed by atoms with Gasteiger partial charge < -0.3 is 14.8 Å². The molecule has 0 aliphatic rings. The maximum atomic E-state index is 12.6. The van der Waals surface area contributed by atoms with Crippen molar-refractivity contribution in [2.75, 3.05) is 17.1 Å². The molecular weight excluding hydrogens is 432 g/mol. The van der Waals surface area contributed by atoms with E-state index in [2.05, 4.69) is 20.0 Å². The largest absolute Gasteiger partial charge is 0.497 e. The van der Waals surface area contributed by atoms with E-state index in [1.54, 1.807) is 58.2 Å². The summed E-state index contributed by atoms with van der Waals surface area (Å²) >= 11 is 0. The number of nitrogens with zero attached hydrogens (tertiary/aromatic N) is 2. The molecule has 32 heavy (non-hydrogen) atoms. The van der Waals surface area contributed by atoms with Gasteiger partial charge >= 0.3 is 0 Å². The summed E-state index contributed by atoms with van der Waals surface area (Å²) in [6.07, 6.45) is -0.768. The van der Waals surface area contributed by atoms with Crippen molar-refractivity contribution in [1.29, 1.82) is 0 Å². The molecule has 0 aliphatic carbocycles. The van der Waals surface area contributed by atoms with Crippen LogP contribution in [0.5, 0.6) is 11.5 Å². The average molecular weight is 457 g/mol. The van der Waals surface area contributed by atoms with Crippen LogP contribution in [0.2, 0.25) is 0 Å². The van der Waals surface area contributed by atoms with Crippen molar-refractivity contribution in [1.82, 2.24) is 9.97 Å². The van der Waals surface area contributed by atoms with E-state index < -0.39 is 16.1 Å². The van der Waals surface area contributed by atoms with E-state index in [1.165, 1.54) is 24.3 Å². The number of ether oxygens (including phenoxy) is 2. The monoisotopic (exact) mass is 456 g/mol. The third-order valence-corrected chi connectivity index (χ3v) is 5.73. The van der Waals surface area contributed by atoms with Gasteiger partial charge in [-0.3, -0.25) is 4.79 Å². The zero-order valence-electron chi connectivity index (χ0n) is 18.1. The van der Waals surface area contributed by atoms with E-state index in [4.69, 9.17) is 9.47 Å². The molecule has 9 nitrogen and oxygen atoms in total. The van der Waals surface area contributed by atoms with Crippen LogP contribution in [0.3, 0.4) is 0 Å². The molecule has 0 spiro atoms. The second-order valence-electron chi connectivity index (χ2n) is 7.03. The number of amides is 1. The summed E-state index contributed by atoms with van der Waals surface area (Å²) in [5, 5.41) is 2.70. The summed E-state index contributed by atoms with van der Waals surface area (Å²) in [7, 11) is -2.31. The van der Waals surface area contributed by atoms with Crippen LogP contribution < -0.4 is 19.5 Å². The number of rotatable bonds is 8. The Bertz CT molecular complexity index is 1180. The molecule has 168 valence electrons. The number of anilines is 2. The van der Waals surface area contributed by atoms with Gasteiger partial charge in [0.25, 0.3) is 15.9 Å². The Morgan fingerprint density at radius 3 is 2.06 bits per heavy atom. The lowest BCUT2D eigenvalue weighted by molar-refractivity contribution is -0.122. The van der Waals surface area contributed by atoms with Crippen LogP contribution in [0.15, 0.2) is 59.5 Å². The van der Waals surface area contributed by atoms with Crippen molar-refractivity contribution in [3.8, 4) is 11.5 Å². The number of benzene rings is 2. The molecule has 0 aliphatic heterocycles. The molecule has 2 N–H and O–H groups in total. The number of nitrogens with one attached hydrogen (secondary N) is 2. The SMILES string of the molecule is COc1ccc(O[C@H](C)C(=O)Nc2ccc(S(=O)(=O)Nc3nc(C)cc(C)n3)cc2)cc1. The fourth-order valence-corrected chi connectivity index (χ4v) is 3.77. The molecule has 0 bridgehead atoms. The number of hydrogen-bond acceptors (Lipinski definition) is 7. The number of aromatic nitrogens is 2. The van der Waals surface area contributed by atoms with Gasteiger partial charge in [0.05, 0.1) is 12.0 Å². The van der Waals surface area contributed by atoms with Crippen LogP contribution in [-0.2, 0) is 14.8 Å². The van der Waals surface area contributed by atoms with Crippen LogP contribution in [0.1, 0.15) is 18.3 Å². The highest BCUT2D eigenvalue weighted by molar-refractivity contribution is 7.92. The predicted molar refractivity (Wildman–Crippen MR) is 120 cm³/mol. The molecule has 1 atom stereocenters. The predicted octanol–water partition coefficient (Wildman–Crippen LogP) is 3.31. The highest BCUT2D eigenvalue weighted by atomic mass is 32.2. The first-order valence-corrected chi connectivity index (χ1v) is 11.2. The standard InChI is InChI=1S/C22H24N4O5S/c1-14-13-15(2)24-22(23-14)26-32(28,29)20-11-5-17(6-12-20)25-21(27)16(3)31-19-9-7-18(30-4)8-10-19/h5-13,16H,1-4H3,(H,25,27)(H,23,24,26)/t16-/m1/s1. The van der Waals surface area contributed by atoms with E-state index in [-0.39, 0.29) is 16.8 Å². The smallest absolute Gasteiger partial charge is 0.265 e. The van der Waals surface area contributed by atoms with E-state index >= 15 is 0 Å². The Balaban J connectivity index is 1.63. The second-order valence-corrected chi connectivity index (χ2v) is 8.71. The Morgan fingerprint density at radius 1 is 0.938 bits per heavy atom. The van der Waals surface area contributed by atoms with E-state index in [0.717, 1.165) is 0 Å². The molecule has 0 fully saturated rings. The van der Waals surface area contributed by atoms with Crippen LogP contribution in [0.25, 0.3) is 0 Å². The third-order valence-electron chi connectivity index (χ3n) is 4.38. The van der Waals surface area contributed by atoms with Gasteiger partial charge in [-0.05, 0) is 75.4 Å². The van der Waals surface area contributed by atoms with Gasteiger partial charge in [-0.25, -0.2) is 23.1 Å². The first-order valence-electron chi connectivity index (χ1n) is 9.73. The minimum atomic E-state index is -3.88. The van der Waals surface area contributed by atoms with Crippen LogP contribution in [-0.4, -0.2) is 37.5 Å². The van der Waals surface area contributed by atoms with Crippen molar-refractivity contribution in [2.24, 2.45) is 0 Å². The molecular formula is C22H24N4O5S. The molecule has 10 heteroatoms.